The fraction of sp³-hybridized carbons (Fsp3) is 0.200. The van der Waals surface area contributed by atoms with Gasteiger partial charge in [0.1, 0.15) is 11.6 Å². The third kappa shape index (κ3) is 6.64. The molecule has 3 rings (SSSR count). The lowest BCUT2D eigenvalue weighted by molar-refractivity contribution is -0.120. The third-order valence-corrected chi connectivity index (χ3v) is 5.44. The molecule has 10 nitrogen and oxygen atoms in total. The SMILES string of the molecule is CCCCC(=O)NNc1nccc(Nc2ccc(S(=O)(=O)Nc3ccccn3)cc2)n1. The molecule has 0 atom stereocenters. The number of benzene rings is 1. The van der Waals surface area contributed by atoms with Gasteiger partial charge in [-0.25, -0.2) is 18.4 Å². The second-order valence-electron chi connectivity index (χ2n) is 6.51. The molecular weight excluding hydrogens is 418 g/mol. The zero-order valence-electron chi connectivity index (χ0n) is 16.9. The number of pyridine rings is 1. The first-order valence-electron chi connectivity index (χ1n) is 9.65. The lowest BCUT2D eigenvalue weighted by Gasteiger charge is -2.10. The summed E-state index contributed by atoms with van der Waals surface area (Å²) >= 11 is 0. The number of nitrogens with one attached hydrogen (secondary N) is 4. The van der Waals surface area contributed by atoms with Crippen LogP contribution in [0.2, 0.25) is 0 Å². The maximum atomic E-state index is 12.5. The molecule has 3 aromatic rings. The number of sulfonamides is 1. The van der Waals surface area contributed by atoms with Crippen LogP contribution in [0.1, 0.15) is 26.2 Å². The molecule has 0 radical (unpaired) electrons. The van der Waals surface area contributed by atoms with Crippen LogP contribution >= 0.6 is 0 Å². The lowest BCUT2D eigenvalue weighted by Crippen LogP contribution is -2.30. The zero-order valence-corrected chi connectivity index (χ0v) is 17.7. The first-order chi connectivity index (χ1) is 15.0. The van der Waals surface area contributed by atoms with Crippen molar-refractivity contribution in [1.82, 2.24) is 20.4 Å². The highest BCUT2D eigenvalue weighted by Crippen LogP contribution is 2.19. The molecule has 0 bridgehead atoms. The molecule has 4 N–H and O–H groups in total. The van der Waals surface area contributed by atoms with Crippen LogP contribution in [-0.2, 0) is 14.8 Å². The van der Waals surface area contributed by atoms with E-state index >= 15 is 0 Å². The third-order valence-electron chi connectivity index (χ3n) is 4.07. The van der Waals surface area contributed by atoms with E-state index in [1.165, 1.54) is 24.5 Å². The molecular formula is C20H23N7O3S. The molecule has 162 valence electrons. The molecule has 2 aromatic heterocycles. The van der Waals surface area contributed by atoms with E-state index in [0.717, 1.165) is 12.8 Å². The average Bonchev–Trinajstić information content (AvgIpc) is 2.77. The van der Waals surface area contributed by atoms with Crippen LogP contribution in [0.5, 0.6) is 0 Å². The van der Waals surface area contributed by atoms with Crippen LogP contribution in [0, 0.1) is 0 Å². The van der Waals surface area contributed by atoms with Gasteiger partial charge in [0.05, 0.1) is 4.90 Å². The summed E-state index contributed by atoms with van der Waals surface area (Å²) in [7, 11) is -3.75. The van der Waals surface area contributed by atoms with Crippen LogP contribution < -0.4 is 20.9 Å². The molecule has 0 aliphatic rings. The van der Waals surface area contributed by atoms with E-state index in [-0.39, 0.29) is 22.6 Å². The number of hydrogen-bond donors (Lipinski definition) is 4. The number of anilines is 4. The predicted molar refractivity (Wildman–Crippen MR) is 118 cm³/mol. The predicted octanol–water partition coefficient (Wildman–Crippen LogP) is 3.05. The van der Waals surface area contributed by atoms with Gasteiger partial charge in [0.2, 0.25) is 11.9 Å². The van der Waals surface area contributed by atoms with Crippen molar-refractivity contribution in [1.29, 1.82) is 0 Å². The summed E-state index contributed by atoms with van der Waals surface area (Å²) in [4.78, 5) is 24.0. The fourth-order valence-corrected chi connectivity index (χ4v) is 3.51. The maximum Gasteiger partial charge on any atom is 0.263 e. The summed E-state index contributed by atoms with van der Waals surface area (Å²) < 4.78 is 27.4. The van der Waals surface area contributed by atoms with Gasteiger partial charge in [-0.05, 0) is 48.9 Å². The second-order valence-corrected chi connectivity index (χ2v) is 8.19. The Hall–Kier alpha value is -3.73. The van der Waals surface area contributed by atoms with Gasteiger partial charge in [-0.3, -0.25) is 20.4 Å². The van der Waals surface area contributed by atoms with E-state index in [4.69, 9.17) is 0 Å². The Morgan fingerprint density at radius 3 is 2.48 bits per heavy atom. The Morgan fingerprint density at radius 2 is 1.77 bits per heavy atom. The highest BCUT2D eigenvalue weighted by atomic mass is 32.2. The van der Waals surface area contributed by atoms with E-state index in [1.54, 1.807) is 36.4 Å². The fourth-order valence-electron chi connectivity index (χ4n) is 2.50. The molecule has 1 aromatic carbocycles. The molecule has 0 unspecified atom stereocenters. The van der Waals surface area contributed by atoms with Gasteiger partial charge in [-0.15, -0.1) is 0 Å². The first-order valence-corrected chi connectivity index (χ1v) is 11.1. The number of amides is 1. The first kappa shape index (κ1) is 22.0. The second kappa shape index (κ2) is 10.3. The van der Waals surface area contributed by atoms with Crippen LogP contribution in [0.15, 0.2) is 65.8 Å². The lowest BCUT2D eigenvalue weighted by atomic mass is 10.2. The van der Waals surface area contributed by atoms with Crippen molar-refractivity contribution in [3.8, 4) is 0 Å². The van der Waals surface area contributed by atoms with Crippen molar-refractivity contribution in [2.75, 3.05) is 15.5 Å². The number of unbranched alkanes of at least 4 members (excludes halogenated alkanes) is 1. The number of aromatic nitrogens is 3. The summed E-state index contributed by atoms with van der Waals surface area (Å²) in [6.07, 6.45) is 5.20. The van der Waals surface area contributed by atoms with Crippen LogP contribution in [0.3, 0.4) is 0 Å². The van der Waals surface area contributed by atoms with Gasteiger partial charge in [-0.1, -0.05) is 19.4 Å². The van der Waals surface area contributed by atoms with Crippen molar-refractivity contribution in [3.05, 3.63) is 60.9 Å². The molecule has 0 aliphatic carbocycles. The molecule has 0 fully saturated rings. The Bertz CT molecular complexity index is 1110. The topological polar surface area (TPSA) is 138 Å². The summed E-state index contributed by atoms with van der Waals surface area (Å²) in [6, 6.07) is 12.8. The van der Waals surface area contributed by atoms with Gasteiger partial charge >= 0.3 is 0 Å². The quantitative estimate of drug-likeness (QED) is 0.352. The maximum absolute atomic E-state index is 12.5. The van der Waals surface area contributed by atoms with E-state index in [9.17, 15) is 13.2 Å². The highest BCUT2D eigenvalue weighted by Gasteiger charge is 2.14. The Balaban J connectivity index is 1.61. The van der Waals surface area contributed by atoms with E-state index in [2.05, 4.69) is 35.8 Å². The van der Waals surface area contributed by atoms with Gasteiger partial charge in [0, 0.05) is 24.5 Å². The van der Waals surface area contributed by atoms with Crippen LogP contribution in [0.25, 0.3) is 0 Å². The minimum absolute atomic E-state index is 0.100. The van der Waals surface area contributed by atoms with Crippen LogP contribution in [-0.4, -0.2) is 29.3 Å². The van der Waals surface area contributed by atoms with Gasteiger partial charge in [0.25, 0.3) is 10.0 Å². The largest absolute Gasteiger partial charge is 0.340 e. The van der Waals surface area contributed by atoms with Gasteiger partial charge < -0.3 is 5.32 Å². The molecule has 2 heterocycles. The number of rotatable bonds is 10. The zero-order chi connectivity index (χ0) is 22.1. The van der Waals surface area contributed by atoms with Crippen molar-refractivity contribution in [2.45, 2.75) is 31.1 Å². The van der Waals surface area contributed by atoms with E-state index in [1.807, 2.05) is 6.92 Å². The standard InChI is InChI=1S/C20H23N7O3S/c1-2-3-7-19(28)25-26-20-22-14-12-18(24-20)23-15-8-10-16(11-9-15)31(29,30)27-17-6-4-5-13-21-17/h4-6,8-14H,2-3,7H2,1H3,(H,21,27)(H,25,28)(H2,22,23,24,26). The highest BCUT2D eigenvalue weighted by molar-refractivity contribution is 7.92. The van der Waals surface area contributed by atoms with E-state index in [0.29, 0.717) is 17.9 Å². The summed E-state index contributed by atoms with van der Waals surface area (Å²) in [6.45, 7) is 2.01. The van der Waals surface area contributed by atoms with Gasteiger partial charge in [-0.2, -0.15) is 4.98 Å². The smallest absolute Gasteiger partial charge is 0.263 e. The Labute approximate surface area is 180 Å². The number of carbonyl (C=O) groups excluding carboxylic acids is 1. The minimum atomic E-state index is -3.75. The van der Waals surface area contributed by atoms with Crippen molar-refractivity contribution >= 4 is 39.2 Å². The average molecular weight is 442 g/mol. The van der Waals surface area contributed by atoms with Crippen LogP contribution in [0.4, 0.5) is 23.3 Å². The number of hydrogen-bond acceptors (Lipinski definition) is 8. The van der Waals surface area contributed by atoms with Crippen molar-refractivity contribution < 1.29 is 13.2 Å². The van der Waals surface area contributed by atoms with Crippen molar-refractivity contribution in [3.63, 3.8) is 0 Å². The molecule has 1 amide bonds. The van der Waals surface area contributed by atoms with E-state index < -0.39 is 10.0 Å². The van der Waals surface area contributed by atoms with Gasteiger partial charge in [0.15, 0.2) is 0 Å². The molecule has 0 aliphatic heterocycles. The minimum Gasteiger partial charge on any atom is -0.340 e. The number of carbonyl (C=O) groups is 1. The number of hydrazine groups is 1. The molecule has 0 saturated heterocycles. The molecule has 31 heavy (non-hydrogen) atoms. The summed E-state index contributed by atoms with van der Waals surface area (Å²) in [5.74, 6) is 0.809. The summed E-state index contributed by atoms with van der Waals surface area (Å²) in [5, 5.41) is 3.06. The Kier molecular flexibility index (Phi) is 7.33. The molecule has 0 saturated carbocycles. The molecule has 0 spiro atoms. The normalized spacial score (nSPS) is 10.9. The summed E-state index contributed by atoms with van der Waals surface area (Å²) in [5.41, 5.74) is 5.86. The Morgan fingerprint density at radius 1 is 0.968 bits per heavy atom. The van der Waals surface area contributed by atoms with Crippen molar-refractivity contribution in [2.24, 2.45) is 0 Å². The number of nitrogens with zero attached hydrogens (tertiary/aromatic N) is 3. The monoisotopic (exact) mass is 441 g/mol. The molecule has 11 heteroatoms.